The van der Waals surface area contributed by atoms with Crippen molar-refractivity contribution in [1.82, 2.24) is 9.78 Å². The Morgan fingerprint density at radius 1 is 1.33 bits per heavy atom. The molecule has 0 aliphatic rings. The van der Waals surface area contributed by atoms with E-state index >= 15 is 0 Å². The van der Waals surface area contributed by atoms with Crippen LogP contribution < -0.4 is 16.2 Å². The highest BCUT2D eigenvalue weighted by Gasteiger charge is 2.05. The summed E-state index contributed by atoms with van der Waals surface area (Å²) in [5.74, 6) is 0. The fourth-order valence-electron chi connectivity index (χ4n) is 2.16. The zero-order valence-corrected chi connectivity index (χ0v) is 13.8. The minimum atomic E-state index is -0.117. The molecule has 0 fully saturated rings. The minimum Gasteiger partial charge on any atom is -0.399 e. The molecule has 0 unspecified atom stereocenters. The second kappa shape index (κ2) is 6.76. The lowest BCUT2D eigenvalue weighted by molar-refractivity contribution is 0.637. The van der Waals surface area contributed by atoms with Crippen molar-refractivity contribution >= 4 is 27.3 Å². The molecule has 0 spiro atoms. The summed E-state index contributed by atoms with van der Waals surface area (Å²) in [7, 11) is 1.96. The largest absolute Gasteiger partial charge is 0.399 e. The summed E-state index contributed by atoms with van der Waals surface area (Å²) < 4.78 is 2.33. The molecule has 2 aromatic rings. The third-order valence-corrected chi connectivity index (χ3v) is 3.63. The molecule has 2 N–H and O–H groups in total. The highest BCUT2D eigenvalue weighted by atomic mass is 79.9. The van der Waals surface area contributed by atoms with Crippen LogP contribution in [0.1, 0.15) is 18.9 Å². The van der Waals surface area contributed by atoms with Crippen LogP contribution in [-0.2, 0) is 6.54 Å². The van der Waals surface area contributed by atoms with E-state index in [0.717, 1.165) is 28.7 Å². The average Bonchev–Trinajstić information content (AvgIpc) is 2.40. The van der Waals surface area contributed by atoms with E-state index in [1.165, 1.54) is 4.68 Å². The predicted octanol–water partition coefficient (Wildman–Crippen LogP) is 2.48. The van der Waals surface area contributed by atoms with Gasteiger partial charge in [-0.2, -0.15) is 5.10 Å². The maximum atomic E-state index is 12.2. The van der Waals surface area contributed by atoms with Crippen molar-refractivity contribution in [3.05, 3.63) is 50.9 Å². The number of rotatable bonds is 5. The highest BCUT2D eigenvalue weighted by Crippen LogP contribution is 2.17. The number of halogens is 1. The molecule has 0 aliphatic carbocycles. The van der Waals surface area contributed by atoms with Gasteiger partial charge in [0.1, 0.15) is 0 Å². The zero-order valence-electron chi connectivity index (χ0n) is 12.2. The second-order valence-corrected chi connectivity index (χ2v) is 5.94. The van der Waals surface area contributed by atoms with Gasteiger partial charge in [-0.15, -0.1) is 0 Å². The molecule has 0 saturated heterocycles. The number of aromatic nitrogens is 2. The summed E-state index contributed by atoms with van der Waals surface area (Å²) >= 11 is 3.40. The van der Waals surface area contributed by atoms with Crippen LogP contribution in [-0.4, -0.2) is 23.4 Å². The third kappa shape index (κ3) is 4.07. The summed E-state index contributed by atoms with van der Waals surface area (Å²) in [5, 5.41) is 4.24. The number of anilines is 2. The molecule has 0 aliphatic heterocycles. The third-order valence-electron chi connectivity index (χ3n) is 3.17. The Kier molecular flexibility index (Phi) is 5.01. The smallest absolute Gasteiger partial charge is 0.269 e. The van der Waals surface area contributed by atoms with Gasteiger partial charge in [0.05, 0.1) is 18.4 Å². The van der Waals surface area contributed by atoms with Crippen molar-refractivity contribution in [2.75, 3.05) is 24.2 Å². The lowest BCUT2D eigenvalue weighted by atomic mass is 10.2. The van der Waals surface area contributed by atoms with E-state index in [1.54, 1.807) is 12.3 Å². The fraction of sp³-hybridized carbons (Fsp3) is 0.333. The van der Waals surface area contributed by atoms with Gasteiger partial charge >= 0.3 is 0 Å². The van der Waals surface area contributed by atoms with Crippen LogP contribution >= 0.6 is 15.9 Å². The first-order chi connectivity index (χ1) is 9.99. The molecular weight excluding hydrogens is 332 g/mol. The first kappa shape index (κ1) is 15.6. The quantitative estimate of drug-likeness (QED) is 0.841. The van der Waals surface area contributed by atoms with E-state index in [4.69, 9.17) is 5.73 Å². The number of benzene rings is 1. The van der Waals surface area contributed by atoms with Crippen molar-refractivity contribution in [3.63, 3.8) is 0 Å². The van der Waals surface area contributed by atoms with E-state index in [0.29, 0.717) is 12.2 Å². The molecule has 112 valence electrons. The Morgan fingerprint density at radius 2 is 2.10 bits per heavy atom. The Bertz CT molecular complexity index is 663. The van der Waals surface area contributed by atoms with Crippen molar-refractivity contribution in [2.45, 2.75) is 19.9 Å². The molecule has 21 heavy (non-hydrogen) atoms. The SMILES string of the molecule is CCCN(C)c1cnn(Cc2cc(N)cc(Br)c2)c(=O)c1. The second-order valence-electron chi connectivity index (χ2n) is 5.02. The summed E-state index contributed by atoms with van der Waals surface area (Å²) in [4.78, 5) is 14.2. The Labute approximate surface area is 132 Å². The number of nitrogens with zero attached hydrogens (tertiary/aromatic N) is 3. The van der Waals surface area contributed by atoms with Crippen molar-refractivity contribution in [3.8, 4) is 0 Å². The van der Waals surface area contributed by atoms with Crippen LogP contribution in [0.25, 0.3) is 0 Å². The molecule has 2 rings (SSSR count). The van der Waals surface area contributed by atoms with Crippen LogP contribution in [0.4, 0.5) is 11.4 Å². The Balaban J connectivity index is 2.23. The first-order valence-electron chi connectivity index (χ1n) is 6.83. The first-order valence-corrected chi connectivity index (χ1v) is 7.62. The maximum absolute atomic E-state index is 12.2. The van der Waals surface area contributed by atoms with Gasteiger partial charge in [0, 0.05) is 29.8 Å². The van der Waals surface area contributed by atoms with Gasteiger partial charge < -0.3 is 10.6 Å². The van der Waals surface area contributed by atoms with Crippen LogP contribution in [0.3, 0.4) is 0 Å². The van der Waals surface area contributed by atoms with Crippen molar-refractivity contribution < 1.29 is 0 Å². The van der Waals surface area contributed by atoms with Gasteiger partial charge in [-0.25, -0.2) is 4.68 Å². The summed E-state index contributed by atoms with van der Waals surface area (Å²) in [5.41, 5.74) is 8.12. The molecule has 1 aromatic carbocycles. The minimum absolute atomic E-state index is 0.117. The van der Waals surface area contributed by atoms with Gasteiger partial charge in [0.15, 0.2) is 0 Å². The molecule has 0 bridgehead atoms. The molecule has 0 radical (unpaired) electrons. The highest BCUT2D eigenvalue weighted by molar-refractivity contribution is 9.10. The molecule has 1 aromatic heterocycles. The molecule has 0 amide bonds. The average molecular weight is 351 g/mol. The van der Waals surface area contributed by atoms with Crippen molar-refractivity contribution in [1.29, 1.82) is 0 Å². The predicted molar refractivity (Wildman–Crippen MR) is 89.7 cm³/mol. The maximum Gasteiger partial charge on any atom is 0.269 e. The lowest BCUT2D eigenvalue weighted by Crippen LogP contribution is -2.26. The molecule has 1 heterocycles. The van der Waals surface area contributed by atoms with Crippen molar-refractivity contribution in [2.24, 2.45) is 0 Å². The van der Waals surface area contributed by atoms with Crippen LogP contribution in [0.2, 0.25) is 0 Å². The van der Waals surface area contributed by atoms with Gasteiger partial charge in [-0.3, -0.25) is 4.79 Å². The Hall–Kier alpha value is -1.82. The summed E-state index contributed by atoms with van der Waals surface area (Å²) in [6.07, 6.45) is 2.75. The normalized spacial score (nSPS) is 10.6. The van der Waals surface area contributed by atoms with E-state index in [9.17, 15) is 4.79 Å². The van der Waals surface area contributed by atoms with Gasteiger partial charge in [-0.1, -0.05) is 22.9 Å². The van der Waals surface area contributed by atoms with E-state index in [-0.39, 0.29) is 5.56 Å². The Morgan fingerprint density at radius 3 is 2.71 bits per heavy atom. The number of hydrogen-bond acceptors (Lipinski definition) is 4. The van der Waals surface area contributed by atoms with E-state index in [2.05, 4.69) is 28.0 Å². The number of hydrogen-bond donors (Lipinski definition) is 1. The standard InChI is InChI=1S/C15H19BrN4O/c1-3-4-19(2)14-8-15(21)20(18-9-14)10-11-5-12(16)7-13(17)6-11/h5-9H,3-4,10,17H2,1-2H3. The molecule has 5 nitrogen and oxygen atoms in total. The van der Waals surface area contributed by atoms with Gasteiger partial charge in [0.2, 0.25) is 0 Å². The van der Waals surface area contributed by atoms with Crippen LogP contribution in [0, 0.1) is 0 Å². The fourth-order valence-corrected chi connectivity index (χ4v) is 2.71. The molecule has 0 saturated carbocycles. The molecule has 0 atom stereocenters. The lowest BCUT2D eigenvalue weighted by Gasteiger charge is -2.17. The number of nitrogens with two attached hydrogens (primary N) is 1. The number of nitrogen functional groups attached to an aromatic ring is 1. The monoisotopic (exact) mass is 350 g/mol. The molecular formula is C15H19BrN4O. The van der Waals surface area contributed by atoms with Crippen LogP contribution in [0.15, 0.2) is 39.7 Å². The van der Waals surface area contributed by atoms with Gasteiger partial charge in [0.25, 0.3) is 5.56 Å². The van der Waals surface area contributed by atoms with Gasteiger partial charge in [-0.05, 0) is 30.2 Å². The zero-order chi connectivity index (χ0) is 15.4. The summed E-state index contributed by atoms with van der Waals surface area (Å²) in [6, 6.07) is 7.21. The topological polar surface area (TPSA) is 64.2 Å². The van der Waals surface area contributed by atoms with Crippen LogP contribution in [0.5, 0.6) is 0 Å². The van der Waals surface area contributed by atoms with E-state index in [1.807, 2.05) is 30.1 Å². The van der Waals surface area contributed by atoms with E-state index < -0.39 is 0 Å². The summed E-state index contributed by atoms with van der Waals surface area (Å²) in [6.45, 7) is 3.40. The molecule has 6 heteroatoms.